The van der Waals surface area contributed by atoms with Gasteiger partial charge in [-0.1, -0.05) is 22.9 Å². The number of benzene rings is 2. The van der Waals surface area contributed by atoms with E-state index in [4.69, 9.17) is 25.8 Å². The molecule has 2 aliphatic rings. The van der Waals surface area contributed by atoms with Crippen molar-refractivity contribution in [1.82, 2.24) is 19.9 Å². The molecule has 4 heterocycles. The number of hydrogen-bond acceptors (Lipinski definition) is 11. The Bertz CT molecular complexity index is 1830. The molecule has 252 valence electrons. The molecule has 11 nitrogen and oxygen atoms in total. The molecule has 0 bridgehead atoms. The zero-order valence-corrected chi connectivity index (χ0v) is 28.4. The molecule has 2 aromatic heterocycles. The van der Waals surface area contributed by atoms with Gasteiger partial charge in [-0.15, -0.1) is 0 Å². The van der Waals surface area contributed by atoms with Crippen LogP contribution in [-0.4, -0.2) is 94.8 Å². The molecule has 2 aliphatic heterocycles. The monoisotopic (exact) mass is 690 g/mol. The Hall–Kier alpha value is -3.43. The maximum absolute atomic E-state index is 16.9. The topological polar surface area (TPSA) is 122 Å². The van der Waals surface area contributed by atoms with E-state index in [1.54, 1.807) is 33.8 Å². The number of carbonyl (C=O) groups is 1. The first kappa shape index (κ1) is 33.5. The number of amides is 1. The van der Waals surface area contributed by atoms with Gasteiger partial charge < -0.3 is 29.1 Å². The van der Waals surface area contributed by atoms with Gasteiger partial charge in [0.15, 0.2) is 10.9 Å². The van der Waals surface area contributed by atoms with Crippen LogP contribution >= 0.6 is 22.9 Å². The minimum atomic E-state index is -1.20. The van der Waals surface area contributed by atoms with Crippen molar-refractivity contribution >= 4 is 61.1 Å². The summed E-state index contributed by atoms with van der Waals surface area (Å²) in [7, 11) is 2.03. The number of rotatable bonds is 6. The minimum Gasteiger partial charge on any atom is -0.462 e. The Balaban J connectivity index is 1.47. The summed E-state index contributed by atoms with van der Waals surface area (Å²) in [6.07, 6.45) is 1.24. The van der Waals surface area contributed by atoms with Crippen LogP contribution in [0.5, 0.6) is 6.01 Å². The van der Waals surface area contributed by atoms with Crippen molar-refractivity contribution in [2.45, 2.75) is 57.8 Å². The average molecular weight is 691 g/mol. The number of nitrogens with one attached hydrogen (secondary N) is 1. The summed E-state index contributed by atoms with van der Waals surface area (Å²) >= 11 is 7.71. The summed E-state index contributed by atoms with van der Waals surface area (Å²) in [4.78, 5) is 30.0. The number of nitrogens with zero attached hydrogens (tertiary/aromatic N) is 5. The number of likely N-dealkylation sites (N-methyl/N-ethyl adjacent to an activating group) is 1. The molecule has 1 unspecified atom stereocenters. The predicted octanol–water partition coefficient (Wildman–Crippen LogP) is 6.25. The molecular weight excluding hydrogens is 654 g/mol. The fourth-order valence-corrected chi connectivity index (χ4v) is 7.05. The molecule has 1 amide bonds. The molecule has 0 spiro atoms. The van der Waals surface area contributed by atoms with Crippen LogP contribution in [0.15, 0.2) is 18.2 Å². The number of likely N-dealkylation sites (tertiary alicyclic amines) is 1. The molecule has 4 aromatic rings. The number of aromatic nitrogens is 3. The van der Waals surface area contributed by atoms with Gasteiger partial charge in [0.05, 0.1) is 35.0 Å². The molecular formula is C32H37ClF2N6O5S. The maximum Gasteiger partial charge on any atom is 0.413 e. The van der Waals surface area contributed by atoms with E-state index in [-0.39, 0.29) is 62.2 Å². The van der Waals surface area contributed by atoms with E-state index in [1.165, 1.54) is 12.1 Å². The lowest BCUT2D eigenvalue weighted by atomic mass is 10.0. The summed E-state index contributed by atoms with van der Waals surface area (Å²) in [6.45, 7) is 9.06. The van der Waals surface area contributed by atoms with Crippen molar-refractivity contribution in [2.24, 2.45) is 0 Å². The lowest BCUT2D eigenvalue weighted by Gasteiger charge is -2.29. The molecule has 0 radical (unpaired) electrons. The number of carbonyl (C=O) groups excluding carboxylic acids is 1. The zero-order chi connectivity index (χ0) is 33.7. The van der Waals surface area contributed by atoms with E-state index in [9.17, 15) is 9.90 Å². The first-order valence-corrected chi connectivity index (χ1v) is 16.6. The first-order valence-electron chi connectivity index (χ1n) is 15.4. The Labute approximate surface area is 279 Å². The van der Waals surface area contributed by atoms with Crippen LogP contribution in [0.3, 0.4) is 0 Å². The van der Waals surface area contributed by atoms with Crippen molar-refractivity contribution in [3.63, 3.8) is 0 Å². The zero-order valence-electron chi connectivity index (χ0n) is 26.8. The second-order valence-electron chi connectivity index (χ2n) is 13.3. The molecule has 2 fully saturated rings. The second kappa shape index (κ2) is 12.9. The van der Waals surface area contributed by atoms with E-state index in [2.05, 4.69) is 25.2 Å². The summed E-state index contributed by atoms with van der Waals surface area (Å²) in [5.74, 6) is -1.03. The van der Waals surface area contributed by atoms with Crippen LogP contribution in [0.2, 0.25) is 5.02 Å². The third-order valence-electron chi connectivity index (χ3n) is 8.04. The first-order chi connectivity index (χ1) is 22.2. The number of ether oxygens (including phenoxy) is 3. The summed E-state index contributed by atoms with van der Waals surface area (Å²) in [5, 5.41) is 13.9. The van der Waals surface area contributed by atoms with Crippen molar-refractivity contribution in [1.29, 1.82) is 0 Å². The highest BCUT2D eigenvalue weighted by molar-refractivity contribution is 7.22. The number of fused-ring (bicyclic) bond motifs is 2. The Morgan fingerprint density at radius 1 is 1.23 bits per heavy atom. The number of β-amino-alcohol motifs (C(OH)–C–C–N with tert-alkyl or cyclic N) is 1. The van der Waals surface area contributed by atoms with E-state index >= 15 is 8.78 Å². The molecule has 2 atom stereocenters. The van der Waals surface area contributed by atoms with Gasteiger partial charge in [0.1, 0.15) is 35.0 Å². The van der Waals surface area contributed by atoms with E-state index in [1.807, 2.05) is 11.9 Å². The van der Waals surface area contributed by atoms with E-state index < -0.39 is 28.9 Å². The third-order valence-corrected chi connectivity index (χ3v) is 9.32. The number of anilines is 2. The summed E-state index contributed by atoms with van der Waals surface area (Å²) in [6, 6.07) is 4.29. The smallest absolute Gasteiger partial charge is 0.413 e. The number of thiazole rings is 1. The fraction of sp³-hybridized carbons (Fsp3) is 0.500. The van der Waals surface area contributed by atoms with Crippen LogP contribution in [0.25, 0.3) is 32.2 Å². The molecule has 6 rings (SSSR count). The lowest BCUT2D eigenvalue weighted by molar-refractivity contribution is -0.0123. The van der Waals surface area contributed by atoms with Gasteiger partial charge in [0, 0.05) is 29.1 Å². The van der Waals surface area contributed by atoms with Crippen molar-refractivity contribution in [3.8, 4) is 17.1 Å². The molecule has 0 saturated carbocycles. The van der Waals surface area contributed by atoms with Crippen LogP contribution in [0.4, 0.5) is 24.5 Å². The SMILES string of the molecule is CN1CCC[C@H]1COc1nc(N2CCOCC(C)(O)C2)c2cc(Cl)c(-c3ccc(F)c4sc(NC(=O)OC(C)(C)C)nc34)c(F)c2n1. The van der Waals surface area contributed by atoms with Crippen molar-refractivity contribution in [3.05, 3.63) is 34.9 Å². The highest BCUT2D eigenvalue weighted by Crippen LogP contribution is 2.43. The van der Waals surface area contributed by atoms with Gasteiger partial charge in [-0.3, -0.25) is 5.32 Å². The van der Waals surface area contributed by atoms with Crippen LogP contribution in [0, 0.1) is 11.6 Å². The van der Waals surface area contributed by atoms with Gasteiger partial charge in [-0.05, 0) is 72.3 Å². The molecule has 2 N–H and O–H groups in total. The maximum atomic E-state index is 16.9. The van der Waals surface area contributed by atoms with Crippen molar-refractivity contribution < 1.29 is 32.9 Å². The van der Waals surface area contributed by atoms with Gasteiger partial charge >= 0.3 is 12.1 Å². The fourth-order valence-electron chi connectivity index (χ4n) is 5.88. The molecule has 47 heavy (non-hydrogen) atoms. The van der Waals surface area contributed by atoms with Crippen molar-refractivity contribution in [2.75, 3.05) is 56.7 Å². The summed E-state index contributed by atoms with van der Waals surface area (Å²) < 4.78 is 49.0. The molecule has 2 saturated heterocycles. The number of halogens is 3. The minimum absolute atomic E-state index is 0.0153. The largest absolute Gasteiger partial charge is 0.462 e. The van der Waals surface area contributed by atoms with Crippen LogP contribution < -0.4 is 15.0 Å². The Morgan fingerprint density at radius 3 is 2.74 bits per heavy atom. The molecule has 15 heteroatoms. The lowest BCUT2D eigenvalue weighted by Crippen LogP contribution is -2.42. The van der Waals surface area contributed by atoms with E-state index in [0.29, 0.717) is 31.0 Å². The Morgan fingerprint density at radius 2 is 2.02 bits per heavy atom. The second-order valence-corrected chi connectivity index (χ2v) is 14.7. The van der Waals surface area contributed by atoms with Crippen LogP contribution in [-0.2, 0) is 9.47 Å². The van der Waals surface area contributed by atoms with Gasteiger partial charge in [-0.2, -0.15) is 9.97 Å². The number of hydrogen-bond donors (Lipinski definition) is 2. The van der Waals surface area contributed by atoms with Gasteiger partial charge in [0.25, 0.3) is 0 Å². The quantitative estimate of drug-likeness (QED) is 0.240. The number of aliphatic hydroxyl groups is 1. The standard InChI is InChI=1S/C32H37ClF2N6O5S/c1-31(2,3)46-30(42)39-29-37-25-18(8-9-21(34)26(25)47-29)22-20(33)13-19-24(23(22)35)36-28(45-14-17-7-6-10-40(17)5)38-27(19)41-11-12-44-16-32(4,43)15-41/h8-9,13,17,43H,6-7,10-12,14-16H2,1-5H3,(H,37,39,42)/t17-,32?/m0/s1. The third kappa shape index (κ3) is 7.21. The summed E-state index contributed by atoms with van der Waals surface area (Å²) in [5.41, 5.74) is -1.74. The van der Waals surface area contributed by atoms with Crippen LogP contribution in [0.1, 0.15) is 40.5 Å². The van der Waals surface area contributed by atoms with Gasteiger partial charge in [0.2, 0.25) is 0 Å². The Kier molecular flexibility index (Phi) is 9.17. The molecule has 2 aromatic carbocycles. The van der Waals surface area contributed by atoms with Gasteiger partial charge in [-0.25, -0.2) is 18.6 Å². The predicted molar refractivity (Wildman–Crippen MR) is 178 cm³/mol. The molecule has 0 aliphatic carbocycles. The normalized spacial score (nSPS) is 21.0. The average Bonchev–Trinajstić information content (AvgIpc) is 3.54. The highest BCUT2D eigenvalue weighted by atomic mass is 35.5. The highest BCUT2D eigenvalue weighted by Gasteiger charge is 2.32. The van der Waals surface area contributed by atoms with E-state index in [0.717, 1.165) is 30.7 Å².